The average Bonchev–Trinajstić information content (AvgIpc) is 2.90. The van der Waals surface area contributed by atoms with Crippen LogP contribution in [-0.4, -0.2) is 40.4 Å². The third kappa shape index (κ3) is 2.10. The molecule has 0 saturated carbocycles. The first-order valence-corrected chi connectivity index (χ1v) is 7.70. The Bertz CT molecular complexity index is 763. The van der Waals surface area contributed by atoms with Crippen LogP contribution in [-0.2, 0) is 9.84 Å². The highest BCUT2D eigenvalue weighted by Crippen LogP contribution is 2.28. The topological polar surface area (TPSA) is 88.7 Å². The number of pyridine rings is 1. The van der Waals surface area contributed by atoms with E-state index in [4.69, 9.17) is 5.11 Å². The van der Waals surface area contributed by atoms with Crippen LogP contribution in [0.3, 0.4) is 0 Å². The molecule has 1 aliphatic heterocycles. The highest BCUT2D eigenvalue weighted by atomic mass is 32.2. The molecular formula is C12H12N2O4S. The van der Waals surface area contributed by atoms with Gasteiger partial charge in [0.05, 0.1) is 17.2 Å². The van der Waals surface area contributed by atoms with Gasteiger partial charge < -0.3 is 9.51 Å². The molecule has 1 atom stereocenters. The molecule has 2 aromatic heterocycles. The lowest BCUT2D eigenvalue weighted by Gasteiger charge is -2.00. The summed E-state index contributed by atoms with van der Waals surface area (Å²) in [7, 11) is -2.97. The minimum absolute atomic E-state index is 0.0965. The minimum Gasteiger partial charge on any atom is -0.478 e. The van der Waals surface area contributed by atoms with Crippen molar-refractivity contribution in [2.75, 3.05) is 11.5 Å². The first-order valence-electron chi connectivity index (χ1n) is 5.87. The quantitative estimate of drug-likeness (QED) is 0.884. The van der Waals surface area contributed by atoms with Crippen LogP contribution in [0.15, 0.2) is 24.5 Å². The van der Waals surface area contributed by atoms with Crippen LogP contribution in [0.25, 0.3) is 5.65 Å². The Morgan fingerprint density at radius 1 is 1.47 bits per heavy atom. The van der Waals surface area contributed by atoms with Gasteiger partial charge in [0.15, 0.2) is 15.5 Å². The summed E-state index contributed by atoms with van der Waals surface area (Å²) in [5.41, 5.74) is 1.12. The van der Waals surface area contributed by atoms with Gasteiger partial charge in [0.2, 0.25) is 0 Å². The number of carboxylic acid groups (broad SMARTS) is 1. The van der Waals surface area contributed by atoms with Gasteiger partial charge in [0.25, 0.3) is 0 Å². The van der Waals surface area contributed by atoms with E-state index in [1.54, 1.807) is 22.9 Å². The number of nitrogens with zero attached hydrogens (tertiary/aromatic N) is 2. The maximum absolute atomic E-state index is 11.5. The van der Waals surface area contributed by atoms with Crippen molar-refractivity contribution >= 4 is 21.5 Å². The van der Waals surface area contributed by atoms with Gasteiger partial charge in [0.1, 0.15) is 5.56 Å². The molecule has 0 bridgehead atoms. The minimum atomic E-state index is -2.97. The first kappa shape index (κ1) is 12.2. The first-order chi connectivity index (χ1) is 8.96. The number of imidazole rings is 1. The van der Waals surface area contributed by atoms with E-state index in [2.05, 4.69) is 4.98 Å². The fourth-order valence-electron chi connectivity index (χ4n) is 2.42. The molecule has 19 heavy (non-hydrogen) atoms. The van der Waals surface area contributed by atoms with Gasteiger partial charge in [-0.25, -0.2) is 18.2 Å². The Labute approximate surface area is 109 Å². The maximum Gasteiger partial charge on any atom is 0.339 e. The Hall–Kier alpha value is -1.89. The predicted molar refractivity (Wildman–Crippen MR) is 68.2 cm³/mol. The maximum atomic E-state index is 11.5. The Balaban J connectivity index is 2.08. The van der Waals surface area contributed by atoms with Crippen molar-refractivity contribution in [3.63, 3.8) is 0 Å². The van der Waals surface area contributed by atoms with E-state index < -0.39 is 15.8 Å². The zero-order valence-corrected chi connectivity index (χ0v) is 10.8. The molecule has 3 heterocycles. The lowest BCUT2D eigenvalue weighted by Crippen LogP contribution is -2.04. The molecule has 0 aliphatic carbocycles. The van der Waals surface area contributed by atoms with Crippen molar-refractivity contribution in [2.24, 2.45) is 0 Å². The van der Waals surface area contributed by atoms with Crippen molar-refractivity contribution in [1.29, 1.82) is 0 Å². The number of rotatable bonds is 2. The SMILES string of the molecule is O=C(O)c1cccn2cc(C3CCS(=O)(=O)C3)nc12. The third-order valence-corrected chi connectivity index (χ3v) is 5.15. The second-order valence-electron chi connectivity index (χ2n) is 4.72. The number of carboxylic acids is 1. The van der Waals surface area contributed by atoms with E-state index in [1.807, 2.05) is 0 Å². The van der Waals surface area contributed by atoms with Crippen molar-refractivity contribution < 1.29 is 18.3 Å². The van der Waals surface area contributed by atoms with Crippen LogP contribution in [0.1, 0.15) is 28.4 Å². The Morgan fingerprint density at radius 2 is 2.26 bits per heavy atom. The number of carbonyl (C=O) groups is 1. The van der Waals surface area contributed by atoms with E-state index in [-0.39, 0.29) is 23.0 Å². The molecule has 7 heteroatoms. The van der Waals surface area contributed by atoms with Gasteiger partial charge in [0, 0.05) is 18.3 Å². The van der Waals surface area contributed by atoms with Gasteiger partial charge >= 0.3 is 5.97 Å². The van der Waals surface area contributed by atoms with E-state index in [1.165, 1.54) is 6.07 Å². The van der Waals surface area contributed by atoms with E-state index in [0.29, 0.717) is 17.8 Å². The molecule has 1 N–H and O–H groups in total. The number of hydrogen-bond donors (Lipinski definition) is 1. The molecule has 1 saturated heterocycles. The van der Waals surface area contributed by atoms with Gasteiger partial charge in [-0.2, -0.15) is 0 Å². The normalized spacial score (nSPS) is 21.8. The lowest BCUT2D eigenvalue weighted by atomic mass is 10.1. The number of sulfone groups is 1. The standard InChI is InChI=1S/C12H12N2O4S/c15-12(16)9-2-1-4-14-6-10(13-11(9)14)8-3-5-19(17,18)7-8/h1-2,4,6,8H,3,5,7H2,(H,15,16). The van der Waals surface area contributed by atoms with E-state index in [0.717, 1.165) is 0 Å². The molecule has 0 aromatic carbocycles. The third-order valence-electron chi connectivity index (χ3n) is 3.38. The summed E-state index contributed by atoms with van der Waals surface area (Å²) in [6, 6.07) is 3.12. The molecule has 100 valence electrons. The second-order valence-corrected chi connectivity index (χ2v) is 6.95. The molecule has 2 aromatic rings. The predicted octanol–water partition coefficient (Wildman–Crippen LogP) is 0.935. The average molecular weight is 280 g/mol. The number of fused-ring (bicyclic) bond motifs is 1. The summed E-state index contributed by atoms with van der Waals surface area (Å²) in [5.74, 6) is -0.898. The zero-order valence-electron chi connectivity index (χ0n) is 9.98. The summed E-state index contributed by atoms with van der Waals surface area (Å²) in [5, 5.41) is 9.09. The second kappa shape index (κ2) is 4.06. The smallest absolute Gasteiger partial charge is 0.339 e. The van der Waals surface area contributed by atoms with Crippen molar-refractivity contribution in [3.8, 4) is 0 Å². The lowest BCUT2D eigenvalue weighted by molar-refractivity contribution is 0.0698. The van der Waals surface area contributed by atoms with Crippen LogP contribution in [0, 0.1) is 0 Å². The monoisotopic (exact) mass is 280 g/mol. The van der Waals surface area contributed by atoms with Crippen molar-refractivity contribution in [3.05, 3.63) is 35.8 Å². The zero-order chi connectivity index (χ0) is 13.6. The van der Waals surface area contributed by atoms with Crippen LogP contribution >= 0.6 is 0 Å². The molecule has 0 spiro atoms. The number of aromatic nitrogens is 2. The van der Waals surface area contributed by atoms with Crippen LogP contribution in [0.2, 0.25) is 0 Å². The molecule has 1 fully saturated rings. The van der Waals surface area contributed by atoms with Crippen molar-refractivity contribution in [1.82, 2.24) is 9.38 Å². The van der Waals surface area contributed by atoms with Gasteiger partial charge in [-0.3, -0.25) is 0 Å². The van der Waals surface area contributed by atoms with Crippen LogP contribution in [0.5, 0.6) is 0 Å². The van der Waals surface area contributed by atoms with E-state index >= 15 is 0 Å². The number of aromatic carboxylic acids is 1. The van der Waals surface area contributed by atoms with Crippen molar-refractivity contribution in [2.45, 2.75) is 12.3 Å². The summed E-state index contributed by atoms with van der Waals surface area (Å²) < 4.78 is 24.6. The molecule has 6 nitrogen and oxygen atoms in total. The molecular weight excluding hydrogens is 268 g/mol. The fourth-order valence-corrected chi connectivity index (χ4v) is 4.18. The Morgan fingerprint density at radius 3 is 2.89 bits per heavy atom. The fraction of sp³-hybridized carbons (Fsp3) is 0.333. The summed E-state index contributed by atoms with van der Waals surface area (Å²) in [6.45, 7) is 0. The highest BCUT2D eigenvalue weighted by Gasteiger charge is 2.31. The van der Waals surface area contributed by atoms with Crippen LogP contribution < -0.4 is 0 Å². The molecule has 3 rings (SSSR count). The highest BCUT2D eigenvalue weighted by molar-refractivity contribution is 7.91. The summed E-state index contributed by atoms with van der Waals surface area (Å²) >= 11 is 0. The van der Waals surface area contributed by atoms with Crippen LogP contribution in [0.4, 0.5) is 0 Å². The van der Waals surface area contributed by atoms with Gasteiger partial charge in [-0.1, -0.05) is 0 Å². The summed E-state index contributed by atoms with van der Waals surface area (Å²) in [4.78, 5) is 15.4. The number of hydrogen-bond acceptors (Lipinski definition) is 4. The molecule has 1 unspecified atom stereocenters. The van der Waals surface area contributed by atoms with Gasteiger partial charge in [-0.05, 0) is 18.6 Å². The van der Waals surface area contributed by atoms with Gasteiger partial charge in [-0.15, -0.1) is 0 Å². The largest absolute Gasteiger partial charge is 0.478 e. The van der Waals surface area contributed by atoms with E-state index in [9.17, 15) is 13.2 Å². The Kier molecular flexibility index (Phi) is 2.60. The molecule has 0 amide bonds. The summed E-state index contributed by atoms with van der Waals surface area (Å²) in [6.07, 6.45) is 3.98. The molecule has 0 radical (unpaired) electrons. The molecule has 1 aliphatic rings.